The number of halogens is 1. The standard InChI is InChI=1S/C28H25FN4OS/c1-28(2)14-22-24(23(34)15-28)25(20-12-5-6-13-21(20)29)33-26(30-22)31-27(32-33)35-16-18-10-7-9-17-8-3-4-11-19(17)18/h3-13,25H,14-16H2,1-2H3,(H,30,31,32). The summed E-state index contributed by atoms with van der Waals surface area (Å²) in [7, 11) is 0. The number of thioether (sulfide) groups is 1. The van der Waals surface area contributed by atoms with Crippen molar-refractivity contribution in [2.45, 2.75) is 43.6 Å². The van der Waals surface area contributed by atoms with Crippen LogP contribution in [-0.2, 0) is 10.5 Å². The van der Waals surface area contributed by atoms with E-state index in [0.717, 1.165) is 5.70 Å². The Morgan fingerprint density at radius 1 is 1.06 bits per heavy atom. The lowest BCUT2D eigenvalue weighted by atomic mass is 9.73. The summed E-state index contributed by atoms with van der Waals surface area (Å²) in [4.78, 5) is 18.1. The minimum Gasteiger partial charge on any atom is -0.328 e. The van der Waals surface area contributed by atoms with Gasteiger partial charge in [0.15, 0.2) is 5.78 Å². The minimum atomic E-state index is -0.634. The summed E-state index contributed by atoms with van der Waals surface area (Å²) in [5, 5.41) is 11.1. The lowest BCUT2D eigenvalue weighted by Crippen LogP contribution is -2.36. The molecule has 0 spiro atoms. The van der Waals surface area contributed by atoms with E-state index in [1.165, 1.54) is 34.2 Å². The highest BCUT2D eigenvalue weighted by Gasteiger charge is 2.42. The number of nitrogens with one attached hydrogen (secondary N) is 1. The molecule has 2 aliphatic rings. The lowest BCUT2D eigenvalue weighted by Gasteiger charge is -2.38. The van der Waals surface area contributed by atoms with Crippen molar-refractivity contribution >= 4 is 34.3 Å². The van der Waals surface area contributed by atoms with Gasteiger partial charge in [-0.1, -0.05) is 86.3 Å². The molecule has 35 heavy (non-hydrogen) atoms. The Kier molecular flexibility index (Phi) is 5.25. The van der Waals surface area contributed by atoms with E-state index in [4.69, 9.17) is 10.1 Å². The molecule has 2 heterocycles. The molecular weight excluding hydrogens is 459 g/mol. The number of aromatic nitrogens is 3. The van der Waals surface area contributed by atoms with Crippen LogP contribution in [0.2, 0.25) is 0 Å². The van der Waals surface area contributed by atoms with E-state index in [-0.39, 0.29) is 17.0 Å². The van der Waals surface area contributed by atoms with Gasteiger partial charge in [0, 0.05) is 29.0 Å². The van der Waals surface area contributed by atoms with E-state index in [1.54, 1.807) is 22.9 Å². The van der Waals surface area contributed by atoms with Gasteiger partial charge in [-0.3, -0.25) is 4.79 Å². The first-order valence-electron chi connectivity index (χ1n) is 11.7. The molecule has 176 valence electrons. The van der Waals surface area contributed by atoms with Crippen LogP contribution in [0.1, 0.15) is 43.9 Å². The van der Waals surface area contributed by atoms with Gasteiger partial charge in [0.2, 0.25) is 11.1 Å². The highest BCUT2D eigenvalue weighted by Crippen LogP contribution is 2.46. The van der Waals surface area contributed by atoms with Crippen molar-refractivity contribution in [2.24, 2.45) is 5.41 Å². The fourth-order valence-electron chi connectivity index (χ4n) is 5.20. The first kappa shape index (κ1) is 22.0. The zero-order valence-electron chi connectivity index (χ0n) is 19.6. The van der Waals surface area contributed by atoms with Gasteiger partial charge in [-0.15, -0.1) is 5.10 Å². The largest absolute Gasteiger partial charge is 0.328 e. The second kappa shape index (κ2) is 8.34. The van der Waals surface area contributed by atoms with Crippen LogP contribution in [0.4, 0.5) is 10.3 Å². The Bertz CT molecular complexity index is 1500. The predicted octanol–water partition coefficient (Wildman–Crippen LogP) is 6.52. The summed E-state index contributed by atoms with van der Waals surface area (Å²) in [6.07, 6.45) is 1.12. The number of benzene rings is 3. The highest BCUT2D eigenvalue weighted by atomic mass is 32.2. The van der Waals surface area contributed by atoms with Crippen LogP contribution >= 0.6 is 11.8 Å². The van der Waals surface area contributed by atoms with Crippen molar-refractivity contribution in [1.82, 2.24) is 14.8 Å². The zero-order valence-corrected chi connectivity index (χ0v) is 20.4. The van der Waals surface area contributed by atoms with Gasteiger partial charge in [-0.2, -0.15) is 4.98 Å². The number of anilines is 1. The number of hydrogen-bond acceptors (Lipinski definition) is 5. The Morgan fingerprint density at radius 3 is 2.69 bits per heavy atom. The molecule has 0 bridgehead atoms. The fourth-order valence-corrected chi connectivity index (χ4v) is 6.03. The number of ketones is 1. The van der Waals surface area contributed by atoms with E-state index in [0.29, 0.717) is 40.8 Å². The number of Topliss-reactive ketones (excluding diaryl/α,β-unsaturated/α-hetero) is 1. The Morgan fingerprint density at radius 2 is 1.83 bits per heavy atom. The Hall–Kier alpha value is -3.45. The third kappa shape index (κ3) is 3.93. The van der Waals surface area contributed by atoms with E-state index in [2.05, 4.69) is 49.5 Å². The molecule has 6 rings (SSSR count). The monoisotopic (exact) mass is 484 g/mol. The van der Waals surface area contributed by atoms with E-state index in [1.807, 2.05) is 12.1 Å². The zero-order chi connectivity index (χ0) is 24.2. The molecule has 0 saturated heterocycles. The molecule has 4 aromatic rings. The molecule has 5 nitrogen and oxygen atoms in total. The van der Waals surface area contributed by atoms with Gasteiger partial charge >= 0.3 is 0 Å². The Labute approximate surface area is 207 Å². The van der Waals surface area contributed by atoms with Crippen molar-refractivity contribution in [1.29, 1.82) is 0 Å². The molecule has 1 N–H and O–H groups in total. The summed E-state index contributed by atoms with van der Waals surface area (Å²) >= 11 is 1.54. The maximum Gasteiger partial charge on any atom is 0.227 e. The van der Waals surface area contributed by atoms with Crippen LogP contribution in [0, 0.1) is 11.2 Å². The second-order valence-corrected chi connectivity index (χ2v) is 10.9. The van der Waals surface area contributed by atoms with Gasteiger partial charge in [0.25, 0.3) is 0 Å². The fraction of sp³-hybridized carbons (Fsp3) is 0.250. The number of hydrogen-bond donors (Lipinski definition) is 1. The third-order valence-electron chi connectivity index (χ3n) is 6.75. The first-order valence-corrected chi connectivity index (χ1v) is 12.7. The minimum absolute atomic E-state index is 0.0307. The van der Waals surface area contributed by atoms with Crippen LogP contribution in [0.25, 0.3) is 10.8 Å². The van der Waals surface area contributed by atoms with Crippen LogP contribution < -0.4 is 5.32 Å². The number of rotatable bonds is 4. The van der Waals surface area contributed by atoms with Crippen LogP contribution in [0.3, 0.4) is 0 Å². The molecule has 1 aromatic heterocycles. The van der Waals surface area contributed by atoms with Crippen LogP contribution in [-0.4, -0.2) is 20.5 Å². The third-order valence-corrected chi connectivity index (χ3v) is 7.64. The summed E-state index contributed by atoms with van der Waals surface area (Å²) < 4.78 is 16.7. The van der Waals surface area contributed by atoms with E-state index >= 15 is 4.39 Å². The average Bonchev–Trinajstić information content (AvgIpc) is 3.23. The molecule has 0 amide bonds. The van der Waals surface area contributed by atoms with E-state index in [9.17, 15) is 4.79 Å². The maximum absolute atomic E-state index is 15.0. The topological polar surface area (TPSA) is 59.8 Å². The molecule has 7 heteroatoms. The first-order chi connectivity index (χ1) is 16.9. The Balaban J connectivity index is 1.38. The molecule has 0 fully saturated rings. The number of allylic oxidation sites excluding steroid dienone is 2. The SMILES string of the molecule is CC1(C)CC(=O)C2=C(C1)Nc1nc(SCc3cccc4ccccc34)nn1C2c1ccccc1F. The number of carbonyl (C=O) groups is 1. The second-order valence-electron chi connectivity index (χ2n) is 9.97. The number of nitrogens with zero attached hydrogens (tertiary/aromatic N) is 3. The highest BCUT2D eigenvalue weighted by molar-refractivity contribution is 7.98. The van der Waals surface area contributed by atoms with Gasteiger partial charge in [-0.25, -0.2) is 9.07 Å². The normalized spacial score (nSPS) is 18.8. The van der Waals surface area contributed by atoms with Crippen molar-refractivity contribution in [3.05, 3.63) is 94.9 Å². The van der Waals surface area contributed by atoms with Gasteiger partial charge in [-0.05, 0) is 34.2 Å². The number of fused-ring (bicyclic) bond motifs is 2. The molecule has 0 saturated carbocycles. The van der Waals surface area contributed by atoms with Crippen LogP contribution in [0.15, 0.2) is 83.2 Å². The molecule has 1 unspecified atom stereocenters. The predicted molar refractivity (Wildman–Crippen MR) is 137 cm³/mol. The van der Waals surface area contributed by atoms with Crippen molar-refractivity contribution < 1.29 is 9.18 Å². The smallest absolute Gasteiger partial charge is 0.227 e. The summed E-state index contributed by atoms with van der Waals surface area (Å²) in [5.41, 5.74) is 2.89. The maximum atomic E-state index is 15.0. The number of carbonyl (C=O) groups excluding carboxylic acids is 1. The summed E-state index contributed by atoms with van der Waals surface area (Å²) in [6, 6.07) is 20.6. The molecule has 1 aliphatic heterocycles. The van der Waals surface area contributed by atoms with Crippen molar-refractivity contribution in [3.8, 4) is 0 Å². The molecule has 1 atom stereocenters. The summed E-state index contributed by atoms with van der Waals surface area (Å²) in [6.45, 7) is 4.17. The average molecular weight is 485 g/mol. The van der Waals surface area contributed by atoms with E-state index < -0.39 is 6.04 Å². The summed E-state index contributed by atoms with van der Waals surface area (Å²) in [5.74, 6) is 0.926. The van der Waals surface area contributed by atoms with Gasteiger partial charge in [0.1, 0.15) is 11.9 Å². The molecule has 0 radical (unpaired) electrons. The molecular formula is C28H25FN4OS. The van der Waals surface area contributed by atoms with Crippen LogP contribution in [0.5, 0.6) is 0 Å². The molecule has 3 aromatic carbocycles. The molecule has 1 aliphatic carbocycles. The van der Waals surface area contributed by atoms with Crippen molar-refractivity contribution in [2.75, 3.05) is 5.32 Å². The lowest BCUT2D eigenvalue weighted by molar-refractivity contribution is -0.118. The van der Waals surface area contributed by atoms with Gasteiger partial charge < -0.3 is 5.32 Å². The quantitative estimate of drug-likeness (QED) is 0.334. The van der Waals surface area contributed by atoms with Gasteiger partial charge in [0.05, 0.1) is 0 Å². The van der Waals surface area contributed by atoms with Crippen molar-refractivity contribution in [3.63, 3.8) is 0 Å².